The van der Waals surface area contributed by atoms with E-state index in [-0.39, 0.29) is 18.2 Å². The van der Waals surface area contributed by atoms with Crippen LogP contribution in [-0.4, -0.2) is 23.3 Å². The van der Waals surface area contributed by atoms with E-state index in [1.165, 1.54) is 128 Å². The summed E-state index contributed by atoms with van der Waals surface area (Å²) in [5, 5.41) is 9.11. The molecule has 220 valence electrons. The van der Waals surface area contributed by atoms with E-state index in [1.54, 1.807) is 0 Å². The summed E-state index contributed by atoms with van der Waals surface area (Å²) in [6, 6.07) is 0. The van der Waals surface area contributed by atoms with Gasteiger partial charge < -0.3 is 5.11 Å². The smallest absolute Gasteiger partial charge is 0.143 e. The summed E-state index contributed by atoms with van der Waals surface area (Å²) in [5.41, 5.74) is 0. The Balaban J connectivity index is 3.91. The Kier molecular flexibility index (Phi) is 29.3. The van der Waals surface area contributed by atoms with Gasteiger partial charge in [0.05, 0.1) is 5.92 Å². The monoisotopic (exact) mass is 523 g/mol. The first-order chi connectivity index (χ1) is 18.2. The van der Waals surface area contributed by atoms with Gasteiger partial charge in [-0.25, -0.2) is 0 Å². The average molecular weight is 523 g/mol. The molecule has 1 N–H and O–H groups in total. The fraction of sp³-hybridized carbons (Fsp3) is 0.941. The van der Waals surface area contributed by atoms with Crippen molar-refractivity contribution in [1.82, 2.24) is 0 Å². The average Bonchev–Trinajstić information content (AvgIpc) is 2.90. The molecule has 37 heavy (non-hydrogen) atoms. The Hall–Kier alpha value is -0.700. The van der Waals surface area contributed by atoms with E-state index in [0.717, 1.165) is 32.1 Å². The molecule has 0 saturated heterocycles. The van der Waals surface area contributed by atoms with Gasteiger partial charge >= 0.3 is 0 Å². The molecular weight excluding hydrogens is 456 g/mol. The number of aliphatic hydroxyl groups is 1. The fourth-order valence-corrected chi connectivity index (χ4v) is 5.43. The van der Waals surface area contributed by atoms with Crippen LogP contribution < -0.4 is 0 Å². The Morgan fingerprint density at radius 2 is 0.730 bits per heavy atom. The molecule has 0 aliphatic carbocycles. The second kappa shape index (κ2) is 29.9. The van der Waals surface area contributed by atoms with E-state index >= 15 is 0 Å². The summed E-state index contributed by atoms with van der Waals surface area (Å²) in [5.74, 6) is -0.179. The molecule has 0 aliphatic heterocycles. The van der Waals surface area contributed by atoms with Crippen LogP contribution in [-0.2, 0) is 9.59 Å². The summed E-state index contributed by atoms with van der Waals surface area (Å²) in [6.45, 7) is 4.57. The zero-order valence-electron chi connectivity index (χ0n) is 25.3. The minimum atomic E-state index is -0.414. The third kappa shape index (κ3) is 25.3. The standard InChI is InChI=1S/C34H66O3/c1-3-5-7-9-11-13-15-17-19-21-23-25-28-32(34(37)30-27-31-35)33(36)29-26-24-22-20-18-16-14-12-10-8-6-4-2/h32,35H,3-31H2,1-2H3. The number of rotatable bonds is 31. The van der Waals surface area contributed by atoms with Crippen molar-refractivity contribution >= 4 is 11.6 Å². The number of aliphatic hydroxyl groups excluding tert-OH is 1. The van der Waals surface area contributed by atoms with Gasteiger partial charge in [-0.05, 0) is 19.3 Å². The first-order valence-electron chi connectivity index (χ1n) is 16.8. The summed E-state index contributed by atoms with van der Waals surface area (Å²) in [7, 11) is 0. The van der Waals surface area contributed by atoms with Crippen molar-refractivity contribution in [2.45, 2.75) is 194 Å². The third-order valence-electron chi connectivity index (χ3n) is 7.98. The normalized spacial score (nSPS) is 12.2. The van der Waals surface area contributed by atoms with Crippen molar-refractivity contribution in [3.8, 4) is 0 Å². The van der Waals surface area contributed by atoms with Crippen molar-refractivity contribution in [2.75, 3.05) is 6.61 Å². The molecule has 0 aromatic carbocycles. The molecule has 0 aromatic rings. The minimum Gasteiger partial charge on any atom is -0.396 e. The number of unbranched alkanes of at least 4 members (excludes halogenated alkanes) is 22. The second-order valence-electron chi connectivity index (χ2n) is 11.6. The molecule has 0 heterocycles. The lowest BCUT2D eigenvalue weighted by atomic mass is 9.87. The van der Waals surface area contributed by atoms with Crippen LogP contribution in [0, 0.1) is 5.92 Å². The lowest BCUT2D eigenvalue weighted by molar-refractivity contribution is -0.133. The highest BCUT2D eigenvalue weighted by molar-refractivity contribution is 6.02. The molecule has 0 radical (unpaired) electrons. The van der Waals surface area contributed by atoms with Crippen LogP contribution in [0.2, 0.25) is 0 Å². The molecular formula is C34H66O3. The number of ketones is 2. The van der Waals surface area contributed by atoms with Gasteiger partial charge in [0, 0.05) is 19.4 Å². The number of carbonyl (C=O) groups excluding carboxylic acids is 2. The van der Waals surface area contributed by atoms with Gasteiger partial charge in [0.2, 0.25) is 0 Å². The molecule has 0 aromatic heterocycles. The highest BCUT2D eigenvalue weighted by Gasteiger charge is 2.24. The zero-order chi connectivity index (χ0) is 27.2. The Labute approximate surface area is 232 Å². The highest BCUT2D eigenvalue weighted by atomic mass is 16.3. The van der Waals surface area contributed by atoms with E-state index in [2.05, 4.69) is 13.8 Å². The van der Waals surface area contributed by atoms with Crippen molar-refractivity contribution in [2.24, 2.45) is 5.92 Å². The molecule has 0 amide bonds. The van der Waals surface area contributed by atoms with Crippen LogP contribution in [0.15, 0.2) is 0 Å². The molecule has 0 spiro atoms. The van der Waals surface area contributed by atoms with Gasteiger partial charge in [-0.1, -0.05) is 162 Å². The van der Waals surface area contributed by atoms with Gasteiger partial charge in [-0.3, -0.25) is 9.59 Å². The van der Waals surface area contributed by atoms with Gasteiger partial charge in [-0.2, -0.15) is 0 Å². The molecule has 3 nitrogen and oxygen atoms in total. The summed E-state index contributed by atoms with van der Waals surface area (Å²) in [6.07, 6.45) is 33.1. The Morgan fingerprint density at radius 1 is 0.432 bits per heavy atom. The zero-order valence-corrected chi connectivity index (χ0v) is 25.3. The first-order valence-corrected chi connectivity index (χ1v) is 16.8. The number of Topliss-reactive ketones (excluding diaryl/α,β-unsaturated/α-hetero) is 2. The van der Waals surface area contributed by atoms with Crippen LogP contribution in [0.3, 0.4) is 0 Å². The third-order valence-corrected chi connectivity index (χ3v) is 7.98. The van der Waals surface area contributed by atoms with E-state index in [9.17, 15) is 9.59 Å². The minimum absolute atomic E-state index is 0.0317. The molecule has 0 aliphatic rings. The van der Waals surface area contributed by atoms with Crippen LogP contribution in [0.5, 0.6) is 0 Å². The lowest BCUT2D eigenvalue weighted by Crippen LogP contribution is -2.24. The van der Waals surface area contributed by atoms with E-state index in [4.69, 9.17) is 5.11 Å². The van der Waals surface area contributed by atoms with Crippen LogP contribution in [0.1, 0.15) is 194 Å². The number of hydrogen-bond acceptors (Lipinski definition) is 3. The quantitative estimate of drug-likeness (QED) is 0.0727. The first kappa shape index (κ1) is 36.3. The predicted octanol–water partition coefficient (Wildman–Crippen LogP) is 10.7. The van der Waals surface area contributed by atoms with Crippen molar-refractivity contribution in [3.05, 3.63) is 0 Å². The maximum atomic E-state index is 12.9. The summed E-state index contributed by atoms with van der Waals surface area (Å²) >= 11 is 0. The largest absolute Gasteiger partial charge is 0.396 e. The molecule has 0 bridgehead atoms. The topological polar surface area (TPSA) is 54.4 Å². The van der Waals surface area contributed by atoms with Crippen LogP contribution in [0.25, 0.3) is 0 Å². The molecule has 1 unspecified atom stereocenters. The van der Waals surface area contributed by atoms with Crippen LogP contribution >= 0.6 is 0 Å². The predicted molar refractivity (Wildman–Crippen MR) is 161 cm³/mol. The van der Waals surface area contributed by atoms with Crippen molar-refractivity contribution in [1.29, 1.82) is 0 Å². The molecule has 1 atom stereocenters. The molecule has 0 fully saturated rings. The van der Waals surface area contributed by atoms with Gasteiger partial charge in [0.1, 0.15) is 11.6 Å². The summed E-state index contributed by atoms with van der Waals surface area (Å²) in [4.78, 5) is 25.5. The summed E-state index contributed by atoms with van der Waals surface area (Å²) < 4.78 is 0. The fourth-order valence-electron chi connectivity index (χ4n) is 5.43. The molecule has 3 heteroatoms. The van der Waals surface area contributed by atoms with Crippen LogP contribution in [0.4, 0.5) is 0 Å². The van der Waals surface area contributed by atoms with E-state index in [0.29, 0.717) is 19.3 Å². The maximum Gasteiger partial charge on any atom is 0.143 e. The van der Waals surface area contributed by atoms with Gasteiger partial charge in [0.15, 0.2) is 0 Å². The number of hydrogen-bond donors (Lipinski definition) is 1. The van der Waals surface area contributed by atoms with Crippen molar-refractivity contribution in [3.63, 3.8) is 0 Å². The maximum absolute atomic E-state index is 12.9. The van der Waals surface area contributed by atoms with Gasteiger partial charge in [-0.15, -0.1) is 0 Å². The second-order valence-corrected chi connectivity index (χ2v) is 11.6. The highest BCUT2D eigenvalue weighted by Crippen LogP contribution is 2.20. The Bertz CT molecular complexity index is 487. The van der Waals surface area contributed by atoms with E-state index < -0.39 is 5.92 Å². The molecule has 0 saturated carbocycles. The van der Waals surface area contributed by atoms with Crippen molar-refractivity contribution < 1.29 is 14.7 Å². The Morgan fingerprint density at radius 3 is 1.08 bits per heavy atom. The molecule has 0 rings (SSSR count). The van der Waals surface area contributed by atoms with Gasteiger partial charge in [0.25, 0.3) is 0 Å². The number of carbonyl (C=O) groups is 2. The van der Waals surface area contributed by atoms with E-state index in [1.807, 2.05) is 0 Å². The SMILES string of the molecule is CCCCCCCCCCCCCCC(=O)C(CCCCCCCCCCCCCC)C(=O)CCCO. The lowest BCUT2D eigenvalue weighted by Gasteiger charge is -2.15.